The Labute approximate surface area is 327 Å². The van der Waals surface area contributed by atoms with Gasteiger partial charge in [0.2, 0.25) is 0 Å². The maximum Gasteiger partial charge on any atom is 0.252 e. The quantitative estimate of drug-likeness (QED) is 0.150. The van der Waals surface area contributed by atoms with Crippen LogP contribution in [0.25, 0.3) is 121 Å². The van der Waals surface area contributed by atoms with Gasteiger partial charge >= 0.3 is 0 Å². The van der Waals surface area contributed by atoms with Gasteiger partial charge in [0.25, 0.3) is 6.71 Å². The van der Waals surface area contributed by atoms with Crippen molar-refractivity contribution < 1.29 is 0 Å². The molecule has 15 rings (SSSR count). The second-order valence-electron chi connectivity index (χ2n) is 16.4. The Bertz CT molecular complexity index is 3880. The minimum Gasteiger partial charge on any atom is -0.310 e. The Balaban J connectivity index is 1.19. The fourth-order valence-corrected chi connectivity index (χ4v) is 11.6. The van der Waals surface area contributed by atoms with Crippen LogP contribution in [-0.4, -0.2) is 15.8 Å². The summed E-state index contributed by atoms with van der Waals surface area (Å²) in [7, 11) is 0. The molecule has 3 heteroatoms. The first-order valence-electron chi connectivity index (χ1n) is 20.1. The molecule has 4 heterocycles. The predicted octanol–water partition coefficient (Wildman–Crippen LogP) is 11.8. The molecule has 10 aromatic carbocycles. The second-order valence-corrected chi connectivity index (χ2v) is 16.4. The minimum atomic E-state index is 0.0615. The highest BCUT2D eigenvalue weighted by atomic mass is 15.0. The predicted molar refractivity (Wildman–Crippen MR) is 242 cm³/mol. The van der Waals surface area contributed by atoms with E-state index in [1.807, 2.05) is 0 Å². The molecule has 0 unspecified atom stereocenters. The van der Waals surface area contributed by atoms with Crippen LogP contribution in [0.1, 0.15) is 0 Å². The van der Waals surface area contributed by atoms with Crippen molar-refractivity contribution in [2.45, 2.75) is 0 Å². The largest absolute Gasteiger partial charge is 0.310 e. The van der Waals surface area contributed by atoms with Crippen LogP contribution in [0.15, 0.2) is 176 Å². The highest BCUT2D eigenvalue weighted by Gasteiger charge is 2.42. The fourth-order valence-electron chi connectivity index (χ4n) is 11.6. The van der Waals surface area contributed by atoms with Crippen molar-refractivity contribution in [3.8, 4) is 44.8 Å². The number of benzene rings is 10. The number of aromatic nitrogens is 2. The summed E-state index contributed by atoms with van der Waals surface area (Å²) in [6.07, 6.45) is 0. The molecule has 0 N–H and O–H groups in total. The Kier molecular flexibility index (Phi) is 5.03. The summed E-state index contributed by atoms with van der Waals surface area (Å²) in [4.78, 5) is 0. The van der Waals surface area contributed by atoms with E-state index in [1.54, 1.807) is 0 Å². The highest BCUT2D eigenvalue weighted by Crippen LogP contribution is 2.51. The summed E-state index contributed by atoms with van der Waals surface area (Å²) in [5, 5.41) is 13.2. The van der Waals surface area contributed by atoms with E-state index in [9.17, 15) is 0 Å². The molecular weight excluding hydrogens is 687 g/mol. The summed E-state index contributed by atoms with van der Waals surface area (Å²) in [5.74, 6) is 0. The van der Waals surface area contributed by atoms with Gasteiger partial charge in [0.15, 0.2) is 0 Å². The van der Waals surface area contributed by atoms with Gasteiger partial charge < -0.3 is 9.13 Å². The van der Waals surface area contributed by atoms with Crippen LogP contribution in [0.2, 0.25) is 0 Å². The molecule has 0 spiro atoms. The molecule has 0 radical (unpaired) electrons. The van der Waals surface area contributed by atoms with Gasteiger partial charge in [-0.1, -0.05) is 146 Å². The molecule has 2 aromatic heterocycles. The van der Waals surface area contributed by atoms with Gasteiger partial charge in [0, 0.05) is 38.4 Å². The monoisotopic (exact) mass is 716 g/mol. The third-order valence-electron chi connectivity index (χ3n) is 13.8. The molecule has 2 aliphatic heterocycles. The van der Waals surface area contributed by atoms with Crippen molar-refractivity contribution in [3.05, 3.63) is 176 Å². The van der Waals surface area contributed by atoms with Crippen molar-refractivity contribution in [2.75, 3.05) is 0 Å². The van der Waals surface area contributed by atoms with E-state index in [2.05, 4.69) is 185 Å². The van der Waals surface area contributed by atoms with Gasteiger partial charge in [0.05, 0.1) is 16.6 Å². The van der Waals surface area contributed by atoms with Crippen molar-refractivity contribution in [1.82, 2.24) is 9.13 Å². The van der Waals surface area contributed by atoms with Gasteiger partial charge in [0.1, 0.15) is 0 Å². The fraction of sp³-hybridized carbons (Fsp3) is 0. The lowest BCUT2D eigenvalue weighted by molar-refractivity contribution is 1.14. The average molecular weight is 717 g/mol. The van der Waals surface area contributed by atoms with Gasteiger partial charge in [-0.25, -0.2) is 0 Å². The Hall–Kier alpha value is -7.36. The molecule has 0 saturated carbocycles. The number of fused-ring (bicyclic) bond motifs is 14. The lowest BCUT2D eigenvalue weighted by Crippen LogP contribution is -2.59. The molecule has 258 valence electrons. The number of hydrogen-bond acceptors (Lipinski definition) is 0. The molecule has 0 bridgehead atoms. The van der Waals surface area contributed by atoms with E-state index >= 15 is 0 Å². The van der Waals surface area contributed by atoms with Crippen LogP contribution in [0.3, 0.4) is 0 Å². The molecule has 2 nitrogen and oxygen atoms in total. The van der Waals surface area contributed by atoms with Crippen LogP contribution in [-0.2, 0) is 0 Å². The summed E-state index contributed by atoms with van der Waals surface area (Å²) in [5.41, 5.74) is 19.6. The van der Waals surface area contributed by atoms with E-state index in [0.29, 0.717) is 0 Å². The van der Waals surface area contributed by atoms with Gasteiger partial charge in [-0.2, -0.15) is 0 Å². The standard InChI is InChI=1S/C54H29BN2/c1-2-12-32-26-33(23-22-30(32)10-1)35-28-46-52-47(29-35)57-44-21-9-18-40-38-16-6-5-15-37(38)39-17-7-13-34-27-43(54(57)51(48(34)39)50(40)44)55(52)42-20-8-19-41-49-36-14-4-3-11-31(36)24-25-45(49)56(46)53(41)42/h1-29H. The number of rotatable bonds is 1. The first-order chi connectivity index (χ1) is 28.3. The van der Waals surface area contributed by atoms with Gasteiger partial charge in [-0.15, -0.1) is 0 Å². The van der Waals surface area contributed by atoms with Crippen molar-refractivity contribution >= 4 is 99.0 Å². The summed E-state index contributed by atoms with van der Waals surface area (Å²) in [6.45, 7) is 0.0615. The van der Waals surface area contributed by atoms with Crippen molar-refractivity contribution in [2.24, 2.45) is 0 Å². The number of hydrogen-bond donors (Lipinski definition) is 0. The van der Waals surface area contributed by atoms with E-state index < -0.39 is 0 Å². The molecular formula is C54H29BN2. The van der Waals surface area contributed by atoms with Crippen LogP contribution in [0, 0.1) is 0 Å². The molecule has 0 saturated heterocycles. The van der Waals surface area contributed by atoms with E-state index in [1.165, 1.54) is 137 Å². The zero-order valence-corrected chi connectivity index (χ0v) is 30.7. The van der Waals surface area contributed by atoms with E-state index in [4.69, 9.17) is 0 Å². The minimum absolute atomic E-state index is 0.0615. The smallest absolute Gasteiger partial charge is 0.252 e. The molecule has 1 aliphatic carbocycles. The number of nitrogens with zero attached hydrogens (tertiary/aromatic N) is 2. The van der Waals surface area contributed by atoms with Crippen LogP contribution >= 0.6 is 0 Å². The van der Waals surface area contributed by atoms with Gasteiger partial charge in [-0.05, 0) is 112 Å². The Morgan fingerprint density at radius 1 is 0.333 bits per heavy atom. The third-order valence-corrected chi connectivity index (χ3v) is 13.8. The van der Waals surface area contributed by atoms with Crippen LogP contribution in [0.5, 0.6) is 0 Å². The summed E-state index contributed by atoms with van der Waals surface area (Å²) >= 11 is 0. The first-order valence-corrected chi connectivity index (χ1v) is 20.1. The van der Waals surface area contributed by atoms with Gasteiger partial charge in [-0.3, -0.25) is 0 Å². The van der Waals surface area contributed by atoms with Crippen LogP contribution in [0.4, 0.5) is 0 Å². The first kappa shape index (κ1) is 29.0. The molecule has 0 fully saturated rings. The maximum absolute atomic E-state index is 2.65. The normalized spacial score (nSPS) is 13.2. The lowest BCUT2D eigenvalue weighted by atomic mass is 9.34. The molecule has 0 amide bonds. The zero-order chi connectivity index (χ0) is 36.7. The summed E-state index contributed by atoms with van der Waals surface area (Å²) < 4.78 is 5.27. The Morgan fingerprint density at radius 3 is 1.82 bits per heavy atom. The SMILES string of the molecule is c1ccc2c(c1)-c1cccc3cc4c5c(c13)c1c-2cccc1n5-c1cc(-c2ccc3ccccc3c2)cc2c1B4c1cccc3c4c5ccccc5ccc4n-2c13. The summed E-state index contributed by atoms with van der Waals surface area (Å²) in [6, 6.07) is 66.9. The maximum atomic E-state index is 2.65. The zero-order valence-electron chi connectivity index (χ0n) is 30.7. The highest BCUT2D eigenvalue weighted by molar-refractivity contribution is 7.00. The molecule has 0 atom stereocenters. The van der Waals surface area contributed by atoms with Crippen LogP contribution < -0.4 is 16.4 Å². The number of para-hydroxylation sites is 1. The Morgan fingerprint density at radius 2 is 0.965 bits per heavy atom. The van der Waals surface area contributed by atoms with E-state index in [0.717, 1.165) is 0 Å². The topological polar surface area (TPSA) is 9.86 Å². The lowest BCUT2D eigenvalue weighted by Gasteiger charge is -2.34. The van der Waals surface area contributed by atoms with Crippen molar-refractivity contribution in [3.63, 3.8) is 0 Å². The van der Waals surface area contributed by atoms with E-state index in [-0.39, 0.29) is 6.71 Å². The molecule has 57 heavy (non-hydrogen) atoms. The van der Waals surface area contributed by atoms with Crippen molar-refractivity contribution in [1.29, 1.82) is 0 Å². The molecule has 12 aromatic rings. The molecule has 3 aliphatic rings. The third kappa shape index (κ3) is 3.35. The average Bonchev–Trinajstić information content (AvgIpc) is 3.77. The second kappa shape index (κ2) is 9.89.